The van der Waals surface area contributed by atoms with Gasteiger partial charge in [0, 0.05) is 5.56 Å². The van der Waals surface area contributed by atoms with Gasteiger partial charge in [-0.1, -0.05) is 32.0 Å². The van der Waals surface area contributed by atoms with Crippen LogP contribution in [0.15, 0.2) is 24.3 Å². The Bertz CT molecular complexity index is 569. The molecule has 0 aliphatic rings. The summed E-state index contributed by atoms with van der Waals surface area (Å²) in [6.07, 6.45) is -1.04. The molecule has 120 valence electrons. The van der Waals surface area contributed by atoms with E-state index in [1.54, 1.807) is 26.0 Å². The second-order valence-electron chi connectivity index (χ2n) is 5.49. The predicted octanol–water partition coefficient (Wildman–Crippen LogP) is 1.17. The van der Waals surface area contributed by atoms with Crippen LogP contribution in [0, 0.1) is 12.8 Å². The second kappa shape index (κ2) is 7.59. The molecule has 2 amide bonds. The van der Waals surface area contributed by atoms with E-state index in [9.17, 15) is 14.4 Å². The maximum absolute atomic E-state index is 12.3. The standard InChI is InChI=1S/C16H22N2O4/c1-9(2)13(16(21)22-11(4)14(17)19)18-15(20)12-8-6-5-7-10(12)3/h5-9,11,13H,1-4H3,(H2,17,19)(H,18,20). The molecule has 2 unspecified atom stereocenters. The number of carbonyl (C=O) groups excluding carboxylic acids is 3. The molecule has 0 aliphatic heterocycles. The Balaban J connectivity index is 2.84. The third kappa shape index (κ3) is 4.58. The first-order chi connectivity index (χ1) is 10.2. The molecule has 0 bridgehead atoms. The van der Waals surface area contributed by atoms with Crippen molar-refractivity contribution >= 4 is 17.8 Å². The maximum atomic E-state index is 12.3. The minimum absolute atomic E-state index is 0.194. The quantitative estimate of drug-likeness (QED) is 0.771. The number of amides is 2. The molecule has 0 saturated heterocycles. The molecule has 0 radical (unpaired) electrons. The molecule has 0 aliphatic carbocycles. The fourth-order valence-electron chi connectivity index (χ4n) is 1.85. The smallest absolute Gasteiger partial charge is 0.329 e. The lowest BCUT2D eigenvalue weighted by molar-refractivity contribution is -0.156. The van der Waals surface area contributed by atoms with Crippen LogP contribution in [0.1, 0.15) is 36.7 Å². The van der Waals surface area contributed by atoms with E-state index in [-0.39, 0.29) is 11.8 Å². The zero-order chi connectivity index (χ0) is 16.9. The summed E-state index contributed by atoms with van der Waals surface area (Å²) in [5.74, 6) is -1.97. The zero-order valence-corrected chi connectivity index (χ0v) is 13.3. The van der Waals surface area contributed by atoms with Crippen LogP contribution in [0.2, 0.25) is 0 Å². The highest BCUT2D eigenvalue weighted by Gasteiger charge is 2.28. The topological polar surface area (TPSA) is 98.5 Å². The Morgan fingerprint density at radius 2 is 1.73 bits per heavy atom. The predicted molar refractivity (Wildman–Crippen MR) is 82.0 cm³/mol. The van der Waals surface area contributed by atoms with Gasteiger partial charge in [-0.15, -0.1) is 0 Å². The van der Waals surface area contributed by atoms with Crippen LogP contribution >= 0.6 is 0 Å². The highest BCUT2D eigenvalue weighted by atomic mass is 16.5. The zero-order valence-electron chi connectivity index (χ0n) is 13.3. The molecule has 1 aromatic rings. The van der Waals surface area contributed by atoms with Crippen LogP contribution in [0.5, 0.6) is 0 Å². The minimum atomic E-state index is -1.04. The summed E-state index contributed by atoms with van der Waals surface area (Å²) in [7, 11) is 0. The number of aryl methyl sites for hydroxylation is 1. The molecule has 1 rings (SSSR count). The van der Waals surface area contributed by atoms with Crippen molar-refractivity contribution in [3.8, 4) is 0 Å². The Labute approximate surface area is 130 Å². The Kier molecular flexibility index (Phi) is 6.10. The molecule has 6 nitrogen and oxygen atoms in total. The minimum Gasteiger partial charge on any atom is -0.451 e. The molecular formula is C16H22N2O4. The summed E-state index contributed by atoms with van der Waals surface area (Å²) in [4.78, 5) is 35.4. The van der Waals surface area contributed by atoms with Gasteiger partial charge < -0.3 is 15.8 Å². The van der Waals surface area contributed by atoms with Crippen molar-refractivity contribution in [3.63, 3.8) is 0 Å². The summed E-state index contributed by atoms with van der Waals surface area (Å²) in [6.45, 7) is 6.76. The van der Waals surface area contributed by atoms with E-state index in [2.05, 4.69) is 5.32 Å². The molecule has 0 saturated carbocycles. The van der Waals surface area contributed by atoms with Gasteiger partial charge in [0.2, 0.25) is 0 Å². The van der Waals surface area contributed by atoms with Gasteiger partial charge in [-0.25, -0.2) is 4.79 Å². The van der Waals surface area contributed by atoms with Gasteiger partial charge in [0.15, 0.2) is 6.10 Å². The first kappa shape index (κ1) is 17.7. The normalized spacial score (nSPS) is 13.3. The van der Waals surface area contributed by atoms with Crippen molar-refractivity contribution < 1.29 is 19.1 Å². The van der Waals surface area contributed by atoms with Gasteiger partial charge in [-0.3, -0.25) is 9.59 Å². The van der Waals surface area contributed by atoms with Crippen molar-refractivity contribution in [2.75, 3.05) is 0 Å². The lowest BCUT2D eigenvalue weighted by Crippen LogP contribution is -2.47. The summed E-state index contributed by atoms with van der Waals surface area (Å²) in [5.41, 5.74) is 6.37. The first-order valence-electron chi connectivity index (χ1n) is 7.10. The van der Waals surface area contributed by atoms with Crippen molar-refractivity contribution in [1.29, 1.82) is 0 Å². The number of esters is 1. The molecule has 22 heavy (non-hydrogen) atoms. The summed E-state index contributed by atoms with van der Waals surface area (Å²) in [6, 6.07) is 6.22. The van der Waals surface area contributed by atoms with Gasteiger partial charge in [0.1, 0.15) is 6.04 Å². The van der Waals surface area contributed by atoms with E-state index in [0.717, 1.165) is 5.56 Å². The molecule has 6 heteroatoms. The summed E-state index contributed by atoms with van der Waals surface area (Å²) >= 11 is 0. The maximum Gasteiger partial charge on any atom is 0.329 e. The van der Waals surface area contributed by atoms with Crippen LogP contribution < -0.4 is 11.1 Å². The molecular weight excluding hydrogens is 284 g/mol. The lowest BCUT2D eigenvalue weighted by atomic mass is 10.0. The van der Waals surface area contributed by atoms with Crippen molar-refractivity contribution in [2.24, 2.45) is 11.7 Å². The number of nitrogens with two attached hydrogens (primary N) is 1. The van der Waals surface area contributed by atoms with Gasteiger partial charge >= 0.3 is 5.97 Å². The highest BCUT2D eigenvalue weighted by molar-refractivity contribution is 5.98. The van der Waals surface area contributed by atoms with Gasteiger partial charge in [-0.2, -0.15) is 0 Å². The number of hydrogen-bond donors (Lipinski definition) is 2. The first-order valence-corrected chi connectivity index (χ1v) is 7.10. The van der Waals surface area contributed by atoms with Crippen molar-refractivity contribution in [3.05, 3.63) is 35.4 Å². The van der Waals surface area contributed by atoms with E-state index in [4.69, 9.17) is 10.5 Å². The summed E-state index contributed by atoms with van der Waals surface area (Å²) in [5, 5.41) is 2.65. The molecule has 0 spiro atoms. The number of primary amides is 1. The number of carbonyl (C=O) groups is 3. The monoisotopic (exact) mass is 306 g/mol. The number of nitrogens with one attached hydrogen (secondary N) is 1. The SMILES string of the molecule is Cc1ccccc1C(=O)NC(C(=O)OC(C)C(N)=O)C(C)C. The van der Waals surface area contributed by atoms with Gasteiger partial charge in [0.25, 0.3) is 11.8 Å². The Morgan fingerprint density at radius 3 is 2.23 bits per heavy atom. The number of rotatable bonds is 6. The molecule has 3 N–H and O–H groups in total. The average Bonchev–Trinajstić information content (AvgIpc) is 2.44. The van der Waals surface area contributed by atoms with Crippen molar-refractivity contribution in [1.82, 2.24) is 5.32 Å². The van der Waals surface area contributed by atoms with Crippen molar-refractivity contribution in [2.45, 2.75) is 39.8 Å². The fourth-order valence-corrected chi connectivity index (χ4v) is 1.85. The molecule has 0 fully saturated rings. The number of benzene rings is 1. The fraction of sp³-hybridized carbons (Fsp3) is 0.438. The third-order valence-corrected chi connectivity index (χ3v) is 3.29. The van der Waals surface area contributed by atoms with Crippen LogP contribution in [-0.4, -0.2) is 29.9 Å². The third-order valence-electron chi connectivity index (χ3n) is 3.29. The van der Waals surface area contributed by atoms with Crippen LogP contribution in [0.3, 0.4) is 0 Å². The van der Waals surface area contributed by atoms with E-state index in [1.807, 2.05) is 19.1 Å². The van der Waals surface area contributed by atoms with Crippen LogP contribution in [0.25, 0.3) is 0 Å². The largest absolute Gasteiger partial charge is 0.451 e. The molecule has 0 heterocycles. The van der Waals surface area contributed by atoms with E-state index in [1.165, 1.54) is 6.92 Å². The van der Waals surface area contributed by atoms with Gasteiger partial charge in [0.05, 0.1) is 0 Å². The number of ether oxygens (including phenoxy) is 1. The molecule has 1 aromatic carbocycles. The Hall–Kier alpha value is -2.37. The summed E-state index contributed by atoms with van der Waals surface area (Å²) < 4.78 is 4.97. The van der Waals surface area contributed by atoms with Crippen LogP contribution in [0.4, 0.5) is 0 Å². The van der Waals surface area contributed by atoms with E-state index >= 15 is 0 Å². The molecule has 2 atom stereocenters. The van der Waals surface area contributed by atoms with Gasteiger partial charge in [-0.05, 0) is 31.4 Å². The average molecular weight is 306 g/mol. The van der Waals surface area contributed by atoms with E-state index in [0.29, 0.717) is 5.56 Å². The Morgan fingerprint density at radius 1 is 1.14 bits per heavy atom. The molecule has 0 aromatic heterocycles. The van der Waals surface area contributed by atoms with E-state index < -0.39 is 24.0 Å². The highest BCUT2D eigenvalue weighted by Crippen LogP contribution is 2.10. The lowest BCUT2D eigenvalue weighted by Gasteiger charge is -2.22. The second-order valence-corrected chi connectivity index (χ2v) is 5.49. The van der Waals surface area contributed by atoms with Crippen LogP contribution in [-0.2, 0) is 14.3 Å². The number of hydrogen-bond acceptors (Lipinski definition) is 4.